The van der Waals surface area contributed by atoms with Gasteiger partial charge in [0.25, 0.3) is 0 Å². The summed E-state index contributed by atoms with van der Waals surface area (Å²) < 4.78 is 75.8. The van der Waals surface area contributed by atoms with Gasteiger partial charge in [-0.2, -0.15) is 8.78 Å². The second-order valence-electron chi connectivity index (χ2n) is 13.7. The molecule has 3 aliphatic carbocycles. The van der Waals surface area contributed by atoms with Crippen molar-refractivity contribution in [1.29, 1.82) is 0 Å². The van der Waals surface area contributed by atoms with Crippen LogP contribution in [0.15, 0.2) is 30.3 Å². The zero-order valence-corrected chi connectivity index (χ0v) is 27.9. The maximum absolute atomic E-state index is 14.9. The Hall–Kier alpha value is -3.03. The lowest BCUT2D eigenvalue weighted by Gasteiger charge is -2.36. The van der Waals surface area contributed by atoms with Crippen LogP contribution in [0.5, 0.6) is 11.5 Å². The quantitative estimate of drug-likeness (QED) is 0.122. The number of halogens is 4. The molecule has 0 aliphatic heterocycles. The van der Waals surface area contributed by atoms with Gasteiger partial charge in [0.05, 0.1) is 19.1 Å². The fourth-order valence-corrected chi connectivity index (χ4v) is 7.62. The molecule has 1 atom stereocenters. The number of esters is 1. The van der Waals surface area contributed by atoms with Gasteiger partial charge in [-0.25, -0.2) is 8.78 Å². The molecule has 4 nitrogen and oxygen atoms in total. The summed E-state index contributed by atoms with van der Waals surface area (Å²) in [5.74, 6) is -3.08. The van der Waals surface area contributed by atoms with Gasteiger partial charge in [-0.3, -0.25) is 4.79 Å². The monoisotopic (exact) mass is 658 g/mol. The Labute approximate surface area is 277 Å². The van der Waals surface area contributed by atoms with E-state index in [0.717, 1.165) is 69.8 Å². The lowest BCUT2D eigenvalue weighted by Crippen LogP contribution is -2.31. The molecule has 2 aromatic rings. The van der Waals surface area contributed by atoms with Gasteiger partial charge < -0.3 is 14.2 Å². The molecular formula is C39H50F4O4. The van der Waals surface area contributed by atoms with Crippen molar-refractivity contribution in [1.82, 2.24) is 0 Å². The topological polar surface area (TPSA) is 44.8 Å². The summed E-state index contributed by atoms with van der Waals surface area (Å²) in [5.41, 5.74) is 1.55. The SMILES string of the molecule is CCCCOc1ccc(C2=CCC(C3CCC(OC(=O)C4CCC(c5ccc(OCCCC)c(F)c5F)CC4)CC3)CC2)c(F)c1F. The third-order valence-corrected chi connectivity index (χ3v) is 10.6. The number of carbonyl (C=O) groups is 1. The molecule has 2 fully saturated rings. The molecule has 0 N–H and O–H groups in total. The molecule has 258 valence electrons. The van der Waals surface area contributed by atoms with Gasteiger partial charge in [-0.1, -0.05) is 38.8 Å². The van der Waals surface area contributed by atoms with Crippen LogP contribution in [-0.4, -0.2) is 25.3 Å². The molecular weight excluding hydrogens is 608 g/mol. The summed E-state index contributed by atoms with van der Waals surface area (Å²) in [6.07, 6.45) is 13.9. The van der Waals surface area contributed by atoms with E-state index in [1.807, 2.05) is 13.8 Å². The van der Waals surface area contributed by atoms with Crippen molar-refractivity contribution < 1.29 is 36.6 Å². The lowest BCUT2D eigenvalue weighted by molar-refractivity contribution is -0.157. The van der Waals surface area contributed by atoms with Crippen LogP contribution < -0.4 is 9.47 Å². The summed E-state index contributed by atoms with van der Waals surface area (Å²) in [6.45, 7) is 4.76. The fourth-order valence-electron chi connectivity index (χ4n) is 7.62. The third-order valence-electron chi connectivity index (χ3n) is 10.6. The molecule has 47 heavy (non-hydrogen) atoms. The molecule has 2 saturated carbocycles. The Morgan fingerprint density at radius 2 is 1.32 bits per heavy atom. The standard InChI is InChI=1S/C39H50F4O4/c1-3-5-23-45-33-21-19-31(35(40)37(33)42)27-9-7-25(8-10-27)26-15-17-30(18-16-26)47-39(44)29-13-11-28(12-14-29)32-20-22-34(38(43)36(32)41)46-24-6-4-2/h9,19-22,25-26,28-30H,3-8,10-18,23-24H2,1-2H3. The molecule has 0 spiro atoms. The van der Waals surface area contributed by atoms with Gasteiger partial charge in [0.2, 0.25) is 11.6 Å². The van der Waals surface area contributed by atoms with Crippen LogP contribution in [-0.2, 0) is 9.53 Å². The molecule has 3 aliphatic rings. The first-order chi connectivity index (χ1) is 22.8. The van der Waals surface area contributed by atoms with Crippen molar-refractivity contribution in [2.75, 3.05) is 13.2 Å². The maximum atomic E-state index is 14.9. The first-order valence-corrected chi connectivity index (χ1v) is 17.9. The molecule has 0 saturated heterocycles. The summed E-state index contributed by atoms with van der Waals surface area (Å²) >= 11 is 0. The fraction of sp³-hybridized carbons (Fsp3) is 0.615. The molecule has 5 rings (SSSR count). The third kappa shape index (κ3) is 8.72. The van der Waals surface area contributed by atoms with E-state index in [1.165, 1.54) is 12.1 Å². The second-order valence-corrected chi connectivity index (χ2v) is 13.7. The van der Waals surface area contributed by atoms with Crippen LogP contribution in [0, 0.1) is 41.0 Å². The van der Waals surface area contributed by atoms with E-state index < -0.39 is 23.3 Å². The minimum absolute atomic E-state index is 0.0271. The Kier molecular flexibility index (Phi) is 12.7. The average molecular weight is 659 g/mol. The van der Waals surface area contributed by atoms with Crippen LogP contribution in [0.25, 0.3) is 5.57 Å². The first-order valence-electron chi connectivity index (χ1n) is 17.9. The zero-order valence-electron chi connectivity index (χ0n) is 27.9. The summed E-state index contributed by atoms with van der Waals surface area (Å²) in [7, 11) is 0. The number of carbonyl (C=O) groups excluding carboxylic acids is 1. The van der Waals surface area contributed by atoms with Crippen molar-refractivity contribution in [2.45, 2.75) is 122 Å². The van der Waals surface area contributed by atoms with Gasteiger partial charge >= 0.3 is 5.97 Å². The molecule has 2 aromatic carbocycles. The summed E-state index contributed by atoms with van der Waals surface area (Å²) in [6, 6.07) is 6.32. The van der Waals surface area contributed by atoms with Crippen molar-refractivity contribution in [3.05, 3.63) is 64.7 Å². The van der Waals surface area contributed by atoms with Crippen molar-refractivity contribution in [3.63, 3.8) is 0 Å². The number of allylic oxidation sites excluding steroid dienone is 2. The highest BCUT2D eigenvalue weighted by Crippen LogP contribution is 2.43. The normalized spacial score (nSPS) is 24.8. The molecule has 0 radical (unpaired) electrons. The minimum Gasteiger partial charge on any atom is -0.490 e. The van der Waals surface area contributed by atoms with Gasteiger partial charge in [-0.05, 0) is 131 Å². The molecule has 8 heteroatoms. The molecule has 1 unspecified atom stereocenters. The van der Waals surface area contributed by atoms with Crippen LogP contribution in [0.2, 0.25) is 0 Å². The van der Waals surface area contributed by atoms with E-state index in [2.05, 4.69) is 6.08 Å². The maximum Gasteiger partial charge on any atom is 0.309 e. The van der Waals surface area contributed by atoms with Gasteiger partial charge in [0.15, 0.2) is 23.1 Å². The lowest BCUT2D eigenvalue weighted by atomic mass is 9.72. The Morgan fingerprint density at radius 3 is 1.91 bits per heavy atom. The minimum atomic E-state index is -0.928. The van der Waals surface area contributed by atoms with Crippen LogP contribution in [0.3, 0.4) is 0 Å². The van der Waals surface area contributed by atoms with Crippen molar-refractivity contribution in [3.8, 4) is 11.5 Å². The van der Waals surface area contributed by atoms with Gasteiger partial charge in [0, 0.05) is 5.56 Å². The number of hydrogen-bond acceptors (Lipinski definition) is 4. The van der Waals surface area contributed by atoms with Crippen molar-refractivity contribution in [2.24, 2.45) is 17.8 Å². The van der Waals surface area contributed by atoms with E-state index in [4.69, 9.17) is 14.2 Å². The Bertz CT molecular complexity index is 1380. The van der Waals surface area contributed by atoms with E-state index >= 15 is 0 Å². The Balaban J connectivity index is 1.05. The number of unbranched alkanes of at least 4 members (excludes halogenated alkanes) is 2. The largest absolute Gasteiger partial charge is 0.490 e. The van der Waals surface area contributed by atoms with Crippen LogP contribution in [0.4, 0.5) is 17.6 Å². The van der Waals surface area contributed by atoms with E-state index in [9.17, 15) is 22.4 Å². The van der Waals surface area contributed by atoms with Crippen LogP contribution in [0.1, 0.15) is 127 Å². The van der Waals surface area contributed by atoms with Crippen LogP contribution >= 0.6 is 0 Å². The predicted octanol–water partition coefficient (Wildman–Crippen LogP) is 10.9. The van der Waals surface area contributed by atoms with Gasteiger partial charge in [-0.15, -0.1) is 0 Å². The van der Waals surface area contributed by atoms with E-state index in [-0.39, 0.29) is 35.4 Å². The molecule has 0 heterocycles. The molecule has 0 amide bonds. The number of hydrogen-bond donors (Lipinski definition) is 0. The summed E-state index contributed by atoms with van der Waals surface area (Å²) in [4.78, 5) is 13.0. The number of rotatable bonds is 13. The smallest absolute Gasteiger partial charge is 0.309 e. The highest BCUT2D eigenvalue weighted by molar-refractivity contribution is 5.72. The molecule has 0 aromatic heterocycles. The molecule has 0 bridgehead atoms. The first kappa shape index (κ1) is 35.3. The predicted molar refractivity (Wildman–Crippen MR) is 175 cm³/mol. The van der Waals surface area contributed by atoms with E-state index in [1.54, 1.807) is 12.1 Å². The Morgan fingerprint density at radius 1 is 0.702 bits per heavy atom. The zero-order chi connectivity index (χ0) is 33.3. The van der Waals surface area contributed by atoms with Gasteiger partial charge in [0.1, 0.15) is 6.10 Å². The number of ether oxygens (including phenoxy) is 3. The second kappa shape index (κ2) is 16.9. The highest BCUT2D eigenvalue weighted by Gasteiger charge is 2.34. The average Bonchev–Trinajstić information content (AvgIpc) is 3.09. The number of benzene rings is 2. The highest BCUT2D eigenvalue weighted by atomic mass is 19.2. The van der Waals surface area contributed by atoms with E-state index in [0.29, 0.717) is 68.3 Å². The van der Waals surface area contributed by atoms with Crippen molar-refractivity contribution >= 4 is 11.5 Å². The summed E-state index contributed by atoms with van der Waals surface area (Å²) in [5, 5.41) is 0.